The summed E-state index contributed by atoms with van der Waals surface area (Å²) in [6.45, 7) is 9.17. The quantitative estimate of drug-likeness (QED) is 0.657. The Morgan fingerprint density at radius 3 is 2.62 bits per heavy atom. The van der Waals surface area contributed by atoms with Crippen molar-refractivity contribution < 1.29 is 4.79 Å². The Kier molecular flexibility index (Phi) is 7.88. The number of unbranched alkanes of at least 4 members (excludes halogenated alkanes) is 3. The van der Waals surface area contributed by atoms with Crippen molar-refractivity contribution in [3.8, 4) is 0 Å². The second-order valence-corrected chi connectivity index (χ2v) is 5.80. The second kappa shape index (κ2) is 9.43. The summed E-state index contributed by atoms with van der Waals surface area (Å²) in [5.74, 6) is 0.0256. The molecule has 0 heterocycles. The summed E-state index contributed by atoms with van der Waals surface area (Å²) >= 11 is 0. The lowest BCUT2D eigenvalue weighted by molar-refractivity contribution is 0.0938. The molecule has 2 N–H and O–H groups in total. The van der Waals surface area contributed by atoms with Crippen molar-refractivity contribution in [2.45, 2.75) is 65.8 Å². The molecule has 1 rings (SSSR count). The summed E-state index contributed by atoms with van der Waals surface area (Å²) in [5, 5.41) is 6.38. The number of nitrogens with one attached hydrogen (secondary N) is 2. The number of hydrogen-bond donors (Lipinski definition) is 2. The van der Waals surface area contributed by atoms with E-state index in [0.29, 0.717) is 0 Å². The number of benzene rings is 1. The Balaban J connectivity index is 2.59. The minimum atomic E-state index is 0.0256. The number of rotatable bonds is 9. The van der Waals surface area contributed by atoms with E-state index in [1.54, 1.807) is 0 Å². The van der Waals surface area contributed by atoms with Crippen molar-refractivity contribution in [2.24, 2.45) is 0 Å². The van der Waals surface area contributed by atoms with Gasteiger partial charge in [0, 0.05) is 18.3 Å². The van der Waals surface area contributed by atoms with Gasteiger partial charge in [-0.1, -0.05) is 44.2 Å². The van der Waals surface area contributed by atoms with Gasteiger partial charge in [0.05, 0.1) is 5.56 Å². The lowest BCUT2D eigenvalue weighted by atomic mass is 10.1. The molecule has 0 aromatic heterocycles. The summed E-state index contributed by atoms with van der Waals surface area (Å²) in [7, 11) is 0. The van der Waals surface area contributed by atoms with Gasteiger partial charge < -0.3 is 10.6 Å². The largest absolute Gasteiger partial charge is 0.385 e. The minimum absolute atomic E-state index is 0.0256. The Morgan fingerprint density at radius 1 is 1.19 bits per heavy atom. The van der Waals surface area contributed by atoms with Gasteiger partial charge >= 0.3 is 0 Å². The number of amides is 1. The van der Waals surface area contributed by atoms with Gasteiger partial charge in [0.25, 0.3) is 5.91 Å². The molecule has 0 spiro atoms. The summed E-state index contributed by atoms with van der Waals surface area (Å²) in [6.07, 6.45) is 6.01. The molecule has 1 amide bonds. The zero-order valence-corrected chi connectivity index (χ0v) is 14.0. The summed E-state index contributed by atoms with van der Waals surface area (Å²) in [6, 6.07) is 6.20. The van der Waals surface area contributed by atoms with E-state index in [1.807, 2.05) is 32.0 Å². The van der Waals surface area contributed by atoms with Crippen LogP contribution in [0.5, 0.6) is 0 Å². The Labute approximate surface area is 129 Å². The van der Waals surface area contributed by atoms with Crippen LogP contribution in [0.2, 0.25) is 0 Å². The summed E-state index contributed by atoms with van der Waals surface area (Å²) < 4.78 is 0. The highest BCUT2D eigenvalue weighted by Crippen LogP contribution is 2.17. The van der Waals surface area contributed by atoms with Crippen LogP contribution >= 0.6 is 0 Å². The highest BCUT2D eigenvalue weighted by Gasteiger charge is 2.13. The zero-order valence-electron chi connectivity index (χ0n) is 14.0. The van der Waals surface area contributed by atoms with Crippen LogP contribution < -0.4 is 10.6 Å². The predicted molar refractivity (Wildman–Crippen MR) is 91.0 cm³/mol. The first kappa shape index (κ1) is 17.5. The molecule has 0 aliphatic carbocycles. The fourth-order valence-corrected chi connectivity index (χ4v) is 2.44. The van der Waals surface area contributed by atoms with E-state index >= 15 is 0 Å². The highest BCUT2D eigenvalue weighted by molar-refractivity contribution is 6.00. The molecule has 0 fully saturated rings. The van der Waals surface area contributed by atoms with Crippen molar-refractivity contribution in [3.63, 3.8) is 0 Å². The third-order valence-electron chi connectivity index (χ3n) is 3.66. The molecule has 1 unspecified atom stereocenters. The summed E-state index contributed by atoms with van der Waals surface area (Å²) in [5.41, 5.74) is 2.77. The van der Waals surface area contributed by atoms with E-state index in [9.17, 15) is 4.79 Å². The molecule has 21 heavy (non-hydrogen) atoms. The van der Waals surface area contributed by atoms with Crippen LogP contribution in [0.4, 0.5) is 5.69 Å². The fraction of sp³-hybridized carbons (Fsp3) is 0.611. The molecule has 0 aliphatic heterocycles. The van der Waals surface area contributed by atoms with Crippen LogP contribution in [-0.2, 0) is 0 Å². The number of carbonyl (C=O) groups excluding carboxylic acids is 1. The molecule has 118 valence electrons. The maximum Gasteiger partial charge on any atom is 0.253 e. The SMILES string of the molecule is CCCCCCC(C)NC(=O)c1cc(C)ccc1NCC. The van der Waals surface area contributed by atoms with E-state index in [0.717, 1.165) is 29.8 Å². The molecule has 1 atom stereocenters. The highest BCUT2D eigenvalue weighted by atomic mass is 16.1. The van der Waals surface area contributed by atoms with E-state index in [4.69, 9.17) is 0 Å². The van der Waals surface area contributed by atoms with E-state index < -0.39 is 0 Å². The first-order valence-electron chi connectivity index (χ1n) is 8.23. The topological polar surface area (TPSA) is 41.1 Å². The molecule has 0 saturated carbocycles. The maximum atomic E-state index is 12.4. The average Bonchev–Trinajstić information content (AvgIpc) is 2.45. The van der Waals surface area contributed by atoms with Crippen molar-refractivity contribution in [2.75, 3.05) is 11.9 Å². The molecular weight excluding hydrogens is 260 g/mol. The molecule has 3 heteroatoms. The van der Waals surface area contributed by atoms with Crippen molar-refractivity contribution >= 4 is 11.6 Å². The van der Waals surface area contributed by atoms with Gasteiger partial charge in [0.2, 0.25) is 0 Å². The van der Waals surface area contributed by atoms with Gasteiger partial charge in [0.1, 0.15) is 0 Å². The van der Waals surface area contributed by atoms with Gasteiger partial charge in [-0.25, -0.2) is 0 Å². The molecule has 0 radical (unpaired) electrons. The van der Waals surface area contributed by atoms with Crippen LogP contribution in [0.3, 0.4) is 0 Å². The van der Waals surface area contributed by atoms with E-state index in [2.05, 4.69) is 24.5 Å². The number of aryl methyl sites for hydroxylation is 1. The van der Waals surface area contributed by atoms with Crippen LogP contribution in [0.1, 0.15) is 68.8 Å². The van der Waals surface area contributed by atoms with Gasteiger partial charge in [-0.15, -0.1) is 0 Å². The second-order valence-electron chi connectivity index (χ2n) is 5.80. The molecule has 3 nitrogen and oxygen atoms in total. The third kappa shape index (κ3) is 6.19. The van der Waals surface area contributed by atoms with Gasteiger partial charge in [0.15, 0.2) is 0 Å². The third-order valence-corrected chi connectivity index (χ3v) is 3.66. The molecule has 1 aromatic carbocycles. The van der Waals surface area contributed by atoms with E-state index in [-0.39, 0.29) is 11.9 Å². The van der Waals surface area contributed by atoms with Gasteiger partial charge in [-0.2, -0.15) is 0 Å². The zero-order chi connectivity index (χ0) is 15.7. The molecule has 0 saturated heterocycles. The number of hydrogen-bond acceptors (Lipinski definition) is 2. The van der Waals surface area contributed by atoms with Crippen molar-refractivity contribution in [1.29, 1.82) is 0 Å². The average molecular weight is 290 g/mol. The van der Waals surface area contributed by atoms with Crippen LogP contribution in [0.25, 0.3) is 0 Å². The first-order chi connectivity index (χ1) is 10.1. The smallest absolute Gasteiger partial charge is 0.253 e. The van der Waals surface area contributed by atoms with E-state index in [1.165, 1.54) is 25.7 Å². The minimum Gasteiger partial charge on any atom is -0.385 e. The monoisotopic (exact) mass is 290 g/mol. The molecule has 0 bridgehead atoms. The lowest BCUT2D eigenvalue weighted by Gasteiger charge is -2.16. The molecule has 1 aromatic rings. The van der Waals surface area contributed by atoms with Crippen molar-refractivity contribution in [3.05, 3.63) is 29.3 Å². The van der Waals surface area contributed by atoms with Crippen LogP contribution in [0.15, 0.2) is 18.2 Å². The Hall–Kier alpha value is -1.51. The number of anilines is 1. The lowest BCUT2D eigenvalue weighted by Crippen LogP contribution is -2.33. The molecule has 0 aliphatic rings. The fourth-order valence-electron chi connectivity index (χ4n) is 2.44. The molecular formula is C18H30N2O. The van der Waals surface area contributed by atoms with Crippen molar-refractivity contribution in [1.82, 2.24) is 5.32 Å². The van der Waals surface area contributed by atoms with Gasteiger partial charge in [-0.05, 0) is 39.3 Å². The van der Waals surface area contributed by atoms with Crippen LogP contribution in [-0.4, -0.2) is 18.5 Å². The van der Waals surface area contributed by atoms with Gasteiger partial charge in [-0.3, -0.25) is 4.79 Å². The van der Waals surface area contributed by atoms with Crippen LogP contribution in [0, 0.1) is 6.92 Å². The summed E-state index contributed by atoms with van der Waals surface area (Å²) in [4.78, 5) is 12.4. The first-order valence-corrected chi connectivity index (χ1v) is 8.23. The normalized spacial score (nSPS) is 12.0. The Morgan fingerprint density at radius 2 is 1.95 bits per heavy atom. The standard InChI is InChI=1S/C18H30N2O/c1-5-7-8-9-10-15(4)20-18(21)16-13-14(3)11-12-17(16)19-6-2/h11-13,15,19H,5-10H2,1-4H3,(H,20,21). The Bertz CT molecular complexity index is 443. The maximum absolute atomic E-state index is 12.4. The predicted octanol–water partition coefficient (Wildman–Crippen LogP) is 4.52. The number of carbonyl (C=O) groups is 1.